The highest BCUT2D eigenvalue weighted by atomic mass is 16.1. The largest absolute Gasteiger partial charge is 0.289 e. The lowest BCUT2D eigenvalue weighted by molar-refractivity contribution is -0.113. The lowest BCUT2D eigenvalue weighted by Gasteiger charge is -2.38. The van der Waals surface area contributed by atoms with E-state index >= 15 is 0 Å². The molecule has 1 unspecified atom stereocenters. The Kier molecular flexibility index (Phi) is 3.44. The highest BCUT2D eigenvalue weighted by Gasteiger charge is 2.37. The van der Waals surface area contributed by atoms with E-state index in [1.54, 1.807) is 0 Å². The number of Topliss-reactive ketones (excluding diaryl/α,β-unsaturated/α-hetero) is 1. The number of rotatable bonds is 0. The Bertz CT molecular complexity index is 394. The summed E-state index contributed by atoms with van der Waals surface area (Å²) in [6.45, 7) is 17.1. The molecule has 1 aliphatic carbocycles. The molecule has 0 saturated carbocycles. The average Bonchev–Trinajstić information content (AvgIpc) is 2.06. The third-order valence-corrected chi connectivity index (χ3v) is 3.37. The molecule has 0 heterocycles. The van der Waals surface area contributed by atoms with E-state index in [4.69, 9.17) is 0 Å². The van der Waals surface area contributed by atoms with Crippen LogP contribution in [0.3, 0.4) is 0 Å². The maximum absolute atomic E-state index is 12.4. The number of carbonyl (C=O) groups excluding carboxylic acids is 1. The zero-order valence-electron chi connectivity index (χ0n) is 12.6. The summed E-state index contributed by atoms with van der Waals surface area (Å²) in [5.41, 5.74) is 3.20. The molecule has 1 heteroatoms. The van der Waals surface area contributed by atoms with Crippen LogP contribution in [0.2, 0.25) is 0 Å². The van der Waals surface area contributed by atoms with Crippen LogP contribution >= 0.6 is 0 Å². The highest BCUT2D eigenvalue weighted by Crippen LogP contribution is 2.44. The number of carbonyl (C=O) groups is 1. The fraction of sp³-hybridized carbons (Fsp3) is 0.688. The van der Waals surface area contributed by atoms with Crippen LogP contribution in [0.4, 0.5) is 0 Å². The molecule has 0 spiro atoms. The Morgan fingerprint density at radius 1 is 1.00 bits per heavy atom. The lowest BCUT2D eigenvalue weighted by atomic mass is 9.66. The van der Waals surface area contributed by atoms with Gasteiger partial charge in [0.15, 0.2) is 5.78 Å². The van der Waals surface area contributed by atoms with E-state index < -0.39 is 0 Å². The summed E-state index contributed by atoms with van der Waals surface area (Å²) in [6, 6.07) is 0. The van der Waals surface area contributed by atoms with E-state index in [0.717, 1.165) is 11.1 Å². The smallest absolute Gasteiger partial charge is 0.184 e. The van der Waals surface area contributed by atoms with Crippen molar-refractivity contribution in [3.63, 3.8) is 0 Å². The molecule has 1 aliphatic rings. The van der Waals surface area contributed by atoms with Gasteiger partial charge in [0.2, 0.25) is 0 Å². The summed E-state index contributed by atoms with van der Waals surface area (Å²) in [5.74, 6) is 0.599. The third-order valence-electron chi connectivity index (χ3n) is 3.37. The van der Waals surface area contributed by atoms with Crippen LogP contribution in [0.5, 0.6) is 0 Å². The molecule has 1 atom stereocenters. The molecule has 0 aromatic rings. The quantitative estimate of drug-likeness (QED) is 0.601. The van der Waals surface area contributed by atoms with E-state index in [1.165, 1.54) is 5.57 Å². The summed E-state index contributed by atoms with van der Waals surface area (Å²) in [4.78, 5) is 12.4. The monoisotopic (exact) mass is 234 g/mol. The van der Waals surface area contributed by atoms with Crippen molar-refractivity contribution in [3.8, 4) is 0 Å². The molecule has 1 rings (SSSR count). The summed E-state index contributed by atoms with van der Waals surface area (Å²) < 4.78 is 0. The number of hydrogen-bond acceptors (Lipinski definition) is 1. The van der Waals surface area contributed by atoms with Crippen molar-refractivity contribution in [3.05, 3.63) is 22.8 Å². The molecule has 0 aliphatic heterocycles. The van der Waals surface area contributed by atoms with Crippen LogP contribution in [0.25, 0.3) is 0 Å². The minimum Gasteiger partial charge on any atom is -0.289 e. The van der Waals surface area contributed by atoms with E-state index in [-0.39, 0.29) is 16.6 Å². The topological polar surface area (TPSA) is 17.1 Å². The summed E-state index contributed by atoms with van der Waals surface area (Å²) in [7, 11) is 0. The van der Waals surface area contributed by atoms with Crippen LogP contribution in [0.15, 0.2) is 22.8 Å². The Morgan fingerprint density at radius 3 is 1.82 bits per heavy atom. The normalized spacial score (nSPS) is 22.9. The number of ketones is 1. The van der Waals surface area contributed by atoms with Gasteiger partial charge in [0.05, 0.1) is 0 Å². The molecule has 96 valence electrons. The molecule has 0 aromatic heterocycles. The first kappa shape index (κ1) is 14.2. The number of hydrogen-bond donors (Lipinski definition) is 0. The van der Waals surface area contributed by atoms with Gasteiger partial charge >= 0.3 is 0 Å². The zero-order valence-corrected chi connectivity index (χ0v) is 12.6. The molecule has 0 N–H and O–H groups in total. The van der Waals surface area contributed by atoms with Gasteiger partial charge in [-0.2, -0.15) is 0 Å². The average molecular weight is 234 g/mol. The van der Waals surface area contributed by atoms with Crippen LogP contribution in [-0.4, -0.2) is 5.78 Å². The van der Waals surface area contributed by atoms with E-state index in [0.29, 0.717) is 5.92 Å². The maximum atomic E-state index is 12.4. The Morgan fingerprint density at radius 2 is 1.47 bits per heavy atom. The predicted octanol–water partition coefficient (Wildman–Crippen LogP) is 4.54. The van der Waals surface area contributed by atoms with Gasteiger partial charge in [-0.3, -0.25) is 4.79 Å². The van der Waals surface area contributed by atoms with Crippen molar-refractivity contribution in [2.45, 2.75) is 55.4 Å². The first-order valence-electron chi connectivity index (χ1n) is 6.44. The molecule has 0 fully saturated rings. The van der Waals surface area contributed by atoms with Crippen molar-refractivity contribution in [1.29, 1.82) is 0 Å². The summed E-state index contributed by atoms with van der Waals surface area (Å²) in [6.07, 6.45) is 2.11. The standard InChI is InChI=1S/C16H26O/c1-10-9-11(2)14(17)13(16(6,7)8)12(10)15(3,4)5/h9-10H,1-8H3. The zero-order chi connectivity index (χ0) is 13.6. The van der Waals surface area contributed by atoms with Crippen LogP contribution in [0.1, 0.15) is 55.4 Å². The second kappa shape index (κ2) is 4.12. The highest BCUT2D eigenvalue weighted by molar-refractivity contribution is 6.10. The lowest BCUT2D eigenvalue weighted by Crippen LogP contribution is -2.31. The van der Waals surface area contributed by atoms with Gasteiger partial charge in [0.1, 0.15) is 0 Å². The molecule has 0 bridgehead atoms. The Balaban J connectivity index is 3.52. The van der Waals surface area contributed by atoms with Gasteiger partial charge < -0.3 is 0 Å². The van der Waals surface area contributed by atoms with Crippen LogP contribution in [0, 0.1) is 16.7 Å². The molecule has 0 saturated heterocycles. The van der Waals surface area contributed by atoms with Crippen LogP contribution < -0.4 is 0 Å². The second-order valence-corrected chi connectivity index (χ2v) is 7.26. The molecule has 0 radical (unpaired) electrons. The molecule has 0 amide bonds. The summed E-state index contributed by atoms with van der Waals surface area (Å²) in [5, 5.41) is 0. The van der Waals surface area contributed by atoms with Crippen molar-refractivity contribution in [2.24, 2.45) is 16.7 Å². The predicted molar refractivity (Wildman–Crippen MR) is 73.9 cm³/mol. The van der Waals surface area contributed by atoms with E-state index in [9.17, 15) is 4.79 Å². The minimum atomic E-state index is -0.0799. The van der Waals surface area contributed by atoms with Crippen molar-refractivity contribution >= 4 is 5.78 Å². The van der Waals surface area contributed by atoms with Gasteiger partial charge in [-0.15, -0.1) is 0 Å². The fourth-order valence-electron chi connectivity index (χ4n) is 2.88. The third kappa shape index (κ3) is 2.70. The fourth-order valence-corrected chi connectivity index (χ4v) is 2.88. The van der Waals surface area contributed by atoms with Gasteiger partial charge in [0.25, 0.3) is 0 Å². The molecule has 1 nitrogen and oxygen atoms in total. The Labute approximate surface area is 106 Å². The van der Waals surface area contributed by atoms with Crippen molar-refractivity contribution in [1.82, 2.24) is 0 Å². The van der Waals surface area contributed by atoms with Crippen molar-refractivity contribution < 1.29 is 4.79 Å². The van der Waals surface area contributed by atoms with E-state index in [2.05, 4.69) is 54.5 Å². The van der Waals surface area contributed by atoms with Crippen molar-refractivity contribution in [2.75, 3.05) is 0 Å². The van der Waals surface area contributed by atoms with Gasteiger partial charge in [-0.05, 0) is 29.2 Å². The van der Waals surface area contributed by atoms with E-state index in [1.807, 2.05) is 6.92 Å². The first-order valence-corrected chi connectivity index (χ1v) is 6.44. The number of allylic oxidation sites excluding steroid dienone is 4. The molecule has 0 aromatic carbocycles. The van der Waals surface area contributed by atoms with Gasteiger partial charge in [-0.25, -0.2) is 0 Å². The second-order valence-electron chi connectivity index (χ2n) is 7.26. The first-order chi connectivity index (χ1) is 7.46. The SMILES string of the molecule is CC1=CC(C)C(C(C)(C)C)=C(C(C)(C)C)C1=O. The molecular weight excluding hydrogens is 208 g/mol. The summed E-state index contributed by atoms with van der Waals surface area (Å²) >= 11 is 0. The van der Waals surface area contributed by atoms with Gasteiger partial charge in [-0.1, -0.05) is 60.1 Å². The molecule has 17 heavy (non-hydrogen) atoms. The molecular formula is C16H26O. The van der Waals surface area contributed by atoms with Gasteiger partial charge in [0, 0.05) is 5.57 Å². The van der Waals surface area contributed by atoms with Crippen LogP contribution in [-0.2, 0) is 4.79 Å². The minimum absolute atomic E-state index is 0.0505. The maximum Gasteiger partial charge on any atom is 0.184 e. The Hall–Kier alpha value is -0.850.